The molecule has 1 heterocycles. The van der Waals surface area contributed by atoms with Gasteiger partial charge >= 0.3 is 6.18 Å². The number of aromatic amines is 1. The van der Waals surface area contributed by atoms with Crippen molar-refractivity contribution in [1.82, 2.24) is 9.97 Å². The summed E-state index contributed by atoms with van der Waals surface area (Å²) in [4.78, 5) is 19.3. The van der Waals surface area contributed by atoms with Gasteiger partial charge in [-0.05, 0) is 36.8 Å². The number of aryl methyl sites for hydroxylation is 1. The molecule has 0 aliphatic heterocycles. The molecule has 4 nitrogen and oxygen atoms in total. The highest BCUT2D eigenvalue weighted by Crippen LogP contribution is 2.29. The minimum atomic E-state index is -4.49. The molecule has 3 rings (SSSR count). The van der Waals surface area contributed by atoms with Crippen LogP contribution in [0.1, 0.15) is 21.5 Å². The van der Waals surface area contributed by atoms with Gasteiger partial charge in [-0.1, -0.05) is 18.2 Å². The molecule has 0 saturated heterocycles. The van der Waals surface area contributed by atoms with Gasteiger partial charge in [0.25, 0.3) is 5.91 Å². The van der Waals surface area contributed by atoms with Crippen LogP contribution in [0.2, 0.25) is 0 Å². The number of anilines is 1. The van der Waals surface area contributed by atoms with Gasteiger partial charge in [-0.2, -0.15) is 13.2 Å². The first kappa shape index (κ1) is 15.1. The van der Waals surface area contributed by atoms with Gasteiger partial charge in [0.1, 0.15) is 0 Å². The lowest BCUT2D eigenvalue weighted by atomic mass is 10.1. The summed E-state index contributed by atoms with van der Waals surface area (Å²) < 4.78 is 38.1. The van der Waals surface area contributed by atoms with E-state index in [-0.39, 0.29) is 11.5 Å². The number of halogens is 3. The number of nitrogens with one attached hydrogen (secondary N) is 2. The summed E-state index contributed by atoms with van der Waals surface area (Å²) in [6.07, 6.45) is -4.49. The van der Waals surface area contributed by atoms with Crippen molar-refractivity contribution >= 4 is 22.9 Å². The fourth-order valence-electron chi connectivity index (χ4n) is 2.25. The van der Waals surface area contributed by atoms with Crippen LogP contribution in [0.25, 0.3) is 11.0 Å². The maximum atomic E-state index is 12.7. The average Bonchev–Trinajstić information content (AvgIpc) is 2.90. The number of rotatable bonds is 2. The molecule has 2 N–H and O–H groups in total. The number of hydrogen-bond acceptors (Lipinski definition) is 2. The SMILES string of the molecule is Cc1cccc2nc(NC(=O)c3cccc(C(F)(F)F)c3)[nH]c12. The van der Waals surface area contributed by atoms with E-state index in [9.17, 15) is 18.0 Å². The van der Waals surface area contributed by atoms with Gasteiger partial charge in [-0.3, -0.25) is 10.1 Å². The van der Waals surface area contributed by atoms with Crippen molar-refractivity contribution in [3.8, 4) is 0 Å². The van der Waals surface area contributed by atoms with E-state index < -0.39 is 17.6 Å². The number of carbonyl (C=O) groups excluding carboxylic acids is 1. The maximum Gasteiger partial charge on any atom is 0.416 e. The van der Waals surface area contributed by atoms with Crippen molar-refractivity contribution < 1.29 is 18.0 Å². The van der Waals surface area contributed by atoms with Crippen molar-refractivity contribution in [2.75, 3.05) is 5.32 Å². The number of fused-ring (bicyclic) bond motifs is 1. The topological polar surface area (TPSA) is 57.8 Å². The Hall–Kier alpha value is -2.83. The summed E-state index contributed by atoms with van der Waals surface area (Å²) in [6, 6.07) is 9.73. The second-order valence-corrected chi connectivity index (χ2v) is 5.09. The van der Waals surface area contributed by atoms with Gasteiger partial charge in [-0.25, -0.2) is 4.98 Å². The number of amides is 1. The van der Waals surface area contributed by atoms with Crippen molar-refractivity contribution in [2.24, 2.45) is 0 Å². The second-order valence-electron chi connectivity index (χ2n) is 5.09. The lowest BCUT2D eigenvalue weighted by molar-refractivity contribution is -0.137. The third kappa shape index (κ3) is 3.03. The number of carbonyl (C=O) groups is 1. The van der Waals surface area contributed by atoms with Gasteiger partial charge in [0.2, 0.25) is 5.95 Å². The van der Waals surface area contributed by atoms with Gasteiger partial charge in [0.05, 0.1) is 16.6 Å². The van der Waals surface area contributed by atoms with E-state index in [1.807, 2.05) is 19.1 Å². The van der Waals surface area contributed by atoms with Crippen LogP contribution in [-0.2, 0) is 6.18 Å². The van der Waals surface area contributed by atoms with Crippen LogP contribution in [0.4, 0.5) is 19.1 Å². The van der Waals surface area contributed by atoms with Crippen LogP contribution in [0.3, 0.4) is 0 Å². The summed E-state index contributed by atoms with van der Waals surface area (Å²) >= 11 is 0. The molecule has 0 atom stereocenters. The van der Waals surface area contributed by atoms with Crippen molar-refractivity contribution in [3.05, 3.63) is 59.2 Å². The number of para-hydroxylation sites is 1. The molecule has 0 spiro atoms. The molecule has 1 aromatic heterocycles. The molecule has 0 aliphatic rings. The van der Waals surface area contributed by atoms with Crippen LogP contribution in [0, 0.1) is 6.92 Å². The Morgan fingerprint density at radius 3 is 2.61 bits per heavy atom. The Morgan fingerprint density at radius 2 is 1.91 bits per heavy atom. The van der Waals surface area contributed by atoms with Crippen LogP contribution in [-0.4, -0.2) is 15.9 Å². The standard InChI is InChI=1S/C16H12F3N3O/c1-9-4-2-7-12-13(9)21-15(20-12)22-14(23)10-5-3-6-11(8-10)16(17,18)19/h2-8H,1H3,(H2,20,21,22,23). The highest BCUT2D eigenvalue weighted by Gasteiger charge is 2.30. The average molecular weight is 319 g/mol. The van der Waals surface area contributed by atoms with E-state index in [1.54, 1.807) is 6.07 Å². The van der Waals surface area contributed by atoms with E-state index in [1.165, 1.54) is 12.1 Å². The van der Waals surface area contributed by atoms with Crippen LogP contribution >= 0.6 is 0 Å². The number of imidazole rings is 1. The fourth-order valence-corrected chi connectivity index (χ4v) is 2.25. The number of H-pyrrole nitrogens is 1. The molecular weight excluding hydrogens is 307 g/mol. The molecule has 23 heavy (non-hydrogen) atoms. The van der Waals surface area contributed by atoms with Gasteiger partial charge in [0, 0.05) is 5.56 Å². The smallest absolute Gasteiger partial charge is 0.324 e. The summed E-state index contributed by atoms with van der Waals surface area (Å²) in [7, 11) is 0. The third-order valence-corrected chi connectivity index (χ3v) is 3.41. The highest BCUT2D eigenvalue weighted by molar-refractivity contribution is 6.04. The second kappa shape index (κ2) is 5.42. The maximum absolute atomic E-state index is 12.7. The normalized spacial score (nSPS) is 11.7. The summed E-state index contributed by atoms with van der Waals surface area (Å²) in [5, 5.41) is 2.48. The summed E-state index contributed by atoms with van der Waals surface area (Å²) in [6.45, 7) is 1.89. The van der Waals surface area contributed by atoms with Gasteiger partial charge in [0.15, 0.2) is 0 Å². The quantitative estimate of drug-likeness (QED) is 0.746. The molecule has 7 heteroatoms. The van der Waals surface area contributed by atoms with Crippen molar-refractivity contribution in [3.63, 3.8) is 0 Å². The molecule has 118 valence electrons. The number of aromatic nitrogens is 2. The van der Waals surface area contributed by atoms with Gasteiger partial charge < -0.3 is 4.98 Å². The molecule has 0 bridgehead atoms. The number of alkyl halides is 3. The first-order valence-corrected chi connectivity index (χ1v) is 6.78. The summed E-state index contributed by atoms with van der Waals surface area (Å²) in [5.74, 6) is -0.468. The van der Waals surface area contributed by atoms with Crippen molar-refractivity contribution in [1.29, 1.82) is 0 Å². The van der Waals surface area contributed by atoms with Gasteiger partial charge in [-0.15, -0.1) is 0 Å². The number of nitrogens with zero attached hydrogens (tertiary/aromatic N) is 1. The van der Waals surface area contributed by atoms with E-state index in [0.717, 1.165) is 23.2 Å². The van der Waals surface area contributed by atoms with E-state index in [2.05, 4.69) is 15.3 Å². The fraction of sp³-hybridized carbons (Fsp3) is 0.125. The molecule has 0 unspecified atom stereocenters. The minimum Gasteiger partial charge on any atom is -0.324 e. The van der Waals surface area contributed by atoms with Crippen LogP contribution < -0.4 is 5.32 Å². The molecular formula is C16H12F3N3O. The third-order valence-electron chi connectivity index (χ3n) is 3.41. The molecule has 1 amide bonds. The first-order valence-electron chi connectivity index (χ1n) is 6.78. The summed E-state index contributed by atoms with van der Waals surface area (Å²) in [5.41, 5.74) is 1.44. The molecule has 0 fully saturated rings. The molecule has 2 aromatic carbocycles. The Morgan fingerprint density at radius 1 is 1.17 bits per heavy atom. The zero-order valence-corrected chi connectivity index (χ0v) is 12.0. The zero-order chi connectivity index (χ0) is 16.6. The van der Waals surface area contributed by atoms with Crippen LogP contribution in [0.5, 0.6) is 0 Å². The Bertz CT molecular complexity index is 884. The number of benzene rings is 2. The van der Waals surface area contributed by atoms with E-state index in [4.69, 9.17) is 0 Å². The zero-order valence-electron chi connectivity index (χ0n) is 12.0. The predicted molar refractivity (Wildman–Crippen MR) is 80.2 cm³/mol. The predicted octanol–water partition coefficient (Wildman–Crippen LogP) is 4.14. The lowest BCUT2D eigenvalue weighted by Crippen LogP contribution is -2.14. The minimum absolute atomic E-state index is 0.0861. The molecule has 0 radical (unpaired) electrons. The largest absolute Gasteiger partial charge is 0.416 e. The highest BCUT2D eigenvalue weighted by atomic mass is 19.4. The Balaban J connectivity index is 1.87. The monoisotopic (exact) mass is 319 g/mol. The Kier molecular flexibility index (Phi) is 3.55. The first-order chi connectivity index (χ1) is 10.8. The lowest BCUT2D eigenvalue weighted by Gasteiger charge is -2.08. The molecule has 0 aliphatic carbocycles. The molecule has 3 aromatic rings. The number of hydrogen-bond donors (Lipinski definition) is 2. The van der Waals surface area contributed by atoms with Crippen molar-refractivity contribution in [2.45, 2.75) is 13.1 Å². The van der Waals surface area contributed by atoms with E-state index in [0.29, 0.717) is 5.52 Å². The Labute approximate surface area is 129 Å². The van der Waals surface area contributed by atoms with E-state index >= 15 is 0 Å². The van der Waals surface area contributed by atoms with Crippen LogP contribution in [0.15, 0.2) is 42.5 Å². The molecule has 0 saturated carbocycles.